The summed E-state index contributed by atoms with van der Waals surface area (Å²) in [7, 11) is 0. The smallest absolute Gasteiger partial charge is 0.0555 e. The molecule has 1 aliphatic rings. The number of allylic oxidation sites excluding steroid dienone is 4. The summed E-state index contributed by atoms with van der Waals surface area (Å²) in [6, 6.07) is 0. The minimum Gasteiger partial charge on any atom is -0.320 e. The fourth-order valence-corrected chi connectivity index (χ4v) is 0.859. The highest BCUT2D eigenvalue weighted by atomic mass is 14.5. The van der Waals surface area contributed by atoms with E-state index in [0.717, 1.165) is 18.4 Å². The maximum atomic E-state index is 5.22. The van der Waals surface area contributed by atoms with Crippen molar-refractivity contribution in [3.05, 3.63) is 23.8 Å². The fraction of sp³-hybridized carbons (Fsp3) is 0.333. The van der Waals surface area contributed by atoms with Crippen molar-refractivity contribution in [1.29, 1.82) is 0 Å². The Morgan fingerprint density at radius 1 is 1.50 bits per heavy atom. The average Bonchev–Trinajstić information content (AvgIpc) is 2.03. The van der Waals surface area contributed by atoms with Gasteiger partial charge in [-0.05, 0) is 12.8 Å². The molecule has 1 aliphatic carbocycles. The van der Waals surface area contributed by atoms with Gasteiger partial charge >= 0.3 is 0 Å². The van der Waals surface area contributed by atoms with Gasteiger partial charge in [-0.15, -0.1) is 0 Å². The number of hydrogen-bond acceptors (Lipinski definition) is 1. The van der Waals surface area contributed by atoms with Crippen LogP contribution >= 0.6 is 0 Å². The molecule has 0 amide bonds. The molecule has 0 spiro atoms. The molecule has 0 bridgehead atoms. The number of nitrogens with two attached hydrogens (primary N) is 1. The largest absolute Gasteiger partial charge is 0.320 e. The summed E-state index contributed by atoms with van der Waals surface area (Å²) in [6.07, 6.45) is 8.59. The van der Waals surface area contributed by atoms with E-state index in [0.29, 0.717) is 6.54 Å². The lowest BCUT2D eigenvalue weighted by Crippen LogP contribution is -1.93. The highest BCUT2D eigenvalue weighted by molar-refractivity contribution is 5.39. The maximum absolute atomic E-state index is 5.22. The summed E-state index contributed by atoms with van der Waals surface area (Å²) in [5.74, 6) is 5.80. The molecule has 1 heteroatoms. The van der Waals surface area contributed by atoms with Crippen molar-refractivity contribution in [3.63, 3.8) is 0 Å². The van der Waals surface area contributed by atoms with E-state index in [-0.39, 0.29) is 0 Å². The molecule has 0 saturated carbocycles. The van der Waals surface area contributed by atoms with Gasteiger partial charge < -0.3 is 5.73 Å². The molecule has 1 nitrogen and oxygen atoms in total. The summed E-state index contributed by atoms with van der Waals surface area (Å²) in [5.41, 5.74) is 6.33. The van der Waals surface area contributed by atoms with Crippen molar-refractivity contribution in [2.45, 2.75) is 12.8 Å². The van der Waals surface area contributed by atoms with Crippen molar-refractivity contribution in [2.24, 2.45) is 5.73 Å². The molecule has 10 heavy (non-hydrogen) atoms. The van der Waals surface area contributed by atoms with Crippen LogP contribution < -0.4 is 5.73 Å². The van der Waals surface area contributed by atoms with Crippen LogP contribution in [0.2, 0.25) is 0 Å². The van der Waals surface area contributed by atoms with E-state index >= 15 is 0 Å². The Bertz CT molecular complexity index is 213. The van der Waals surface area contributed by atoms with Crippen LogP contribution in [0.5, 0.6) is 0 Å². The highest BCUT2D eigenvalue weighted by Gasteiger charge is 1.90. The maximum Gasteiger partial charge on any atom is 0.0555 e. The van der Waals surface area contributed by atoms with E-state index < -0.39 is 0 Å². The summed E-state index contributed by atoms with van der Waals surface area (Å²) >= 11 is 0. The van der Waals surface area contributed by atoms with Gasteiger partial charge in [-0.3, -0.25) is 0 Å². The van der Waals surface area contributed by atoms with E-state index in [1.54, 1.807) is 0 Å². The molecule has 0 aliphatic heterocycles. The molecule has 52 valence electrons. The van der Waals surface area contributed by atoms with Crippen LogP contribution in [0.1, 0.15) is 12.8 Å². The first-order valence-corrected chi connectivity index (χ1v) is 3.49. The fourth-order valence-electron chi connectivity index (χ4n) is 0.859. The molecule has 0 saturated heterocycles. The molecule has 0 atom stereocenters. The van der Waals surface area contributed by atoms with Gasteiger partial charge in [0.25, 0.3) is 0 Å². The third kappa shape index (κ3) is 2.08. The van der Waals surface area contributed by atoms with E-state index in [1.807, 2.05) is 6.08 Å². The third-order valence-corrected chi connectivity index (χ3v) is 1.33. The Labute approximate surface area is 61.6 Å². The van der Waals surface area contributed by atoms with Crippen LogP contribution in [0.15, 0.2) is 23.8 Å². The molecule has 0 aromatic carbocycles. The number of rotatable bonds is 0. The van der Waals surface area contributed by atoms with Crippen molar-refractivity contribution in [2.75, 3.05) is 6.54 Å². The van der Waals surface area contributed by atoms with Crippen molar-refractivity contribution >= 4 is 0 Å². The van der Waals surface area contributed by atoms with Gasteiger partial charge in [0.15, 0.2) is 0 Å². The Hall–Kier alpha value is -1.00. The Morgan fingerprint density at radius 2 is 2.40 bits per heavy atom. The Balaban J connectivity index is 2.55. The van der Waals surface area contributed by atoms with E-state index in [1.165, 1.54) is 0 Å². The highest BCUT2D eigenvalue weighted by Crippen LogP contribution is 2.07. The lowest BCUT2D eigenvalue weighted by molar-refractivity contribution is 1.03. The molecular weight excluding hydrogens is 122 g/mol. The lowest BCUT2D eigenvalue weighted by Gasteiger charge is -1.96. The van der Waals surface area contributed by atoms with E-state index in [9.17, 15) is 0 Å². The van der Waals surface area contributed by atoms with Gasteiger partial charge in [-0.1, -0.05) is 30.1 Å². The van der Waals surface area contributed by atoms with Gasteiger partial charge in [-0.25, -0.2) is 0 Å². The predicted molar refractivity (Wildman–Crippen MR) is 43.3 cm³/mol. The van der Waals surface area contributed by atoms with Crippen LogP contribution in [0.3, 0.4) is 0 Å². The normalized spacial score (nSPS) is 15.5. The summed E-state index contributed by atoms with van der Waals surface area (Å²) in [4.78, 5) is 0. The Morgan fingerprint density at radius 3 is 3.00 bits per heavy atom. The molecule has 1 rings (SSSR count). The zero-order valence-corrected chi connectivity index (χ0v) is 5.93. The molecular formula is C9H11N. The zero-order valence-electron chi connectivity index (χ0n) is 5.93. The van der Waals surface area contributed by atoms with Gasteiger partial charge in [0, 0.05) is 5.57 Å². The van der Waals surface area contributed by atoms with E-state index in [2.05, 4.69) is 24.0 Å². The van der Waals surface area contributed by atoms with Crippen molar-refractivity contribution in [1.82, 2.24) is 0 Å². The first-order valence-electron chi connectivity index (χ1n) is 3.49. The van der Waals surface area contributed by atoms with Gasteiger partial charge in [0.2, 0.25) is 0 Å². The van der Waals surface area contributed by atoms with Crippen LogP contribution in [-0.2, 0) is 0 Å². The molecule has 0 fully saturated rings. The predicted octanol–water partition coefficient (Wildman–Crippen LogP) is 1.22. The second kappa shape index (κ2) is 3.92. The van der Waals surface area contributed by atoms with E-state index in [4.69, 9.17) is 5.73 Å². The van der Waals surface area contributed by atoms with Gasteiger partial charge in [0.05, 0.1) is 6.54 Å². The average molecular weight is 133 g/mol. The molecule has 0 heterocycles. The third-order valence-electron chi connectivity index (χ3n) is 1.33. The Kier molecular flexibility index (Phi) is 2.79. The van der Waals surface area contributed by atoms with Crippen LogP contribution in [0.4, 0.5) is 0 Å². The molecule has 0 radical (unpaired) electrons. The summed E-state index contributed by atoms with van der Waals surface area (Å²) < 4.78 is 0. The van der Waals surface area contributed by atoms with Crippen molar-refractivity contribution < 1.29 is 0 Å². The molecule has 0 aromatic heterocycles. The summed E-state index contributed by atoms with van der Waals surface area (Å²) in [6.45, 7) is 0.450. The van der Waals surface area contributed by atoms with Crippen LogP contribution in [0, 0.1) is 11.8 Å². The number of hydrogen-bond donors (Lipinski definition) is 1. The molecule has 0 aromatic rings. The topological polar surface area (TPSA) is 26.0 Å². The molecule has 2 N–H and O–H groups in total. The quantitative estimate of drug-likeness (QED) is 0.494. The van der Waals surface area contributed by atoms with Gasteiger partial charge in [0.1, 0.15) is 0 Å². The first kappa shape index (κ1) is 7.11. The second-order valence-electron chi connectivity index (χ2n) is 2.15. The minimum absolute atomic E-state index is 0.450. The first-order chi connectivity index (χ1) is 4.93. The lowest BCUT2D eigenvalue weighted by atomic mass is 10.1. The second-order valence-corrected chi connectivity index (χ2v) is 2.15. The SMILES string of the molecule is NCC#CC1=CCCC=C1. The summed E-state index contributed by atoms with van der Waals surface area (Å²) in [5, 5.41) is 0. The molecule has 0 unspecified atom stereocenters. The van der Waals surface area contributed by atoms with Crippen LogP contribution in [0.25, 0.3) is 0 Å². The van der Waals surface area contributed by atoms with Gasteiger partial charge in [-0.2, -0.15) is 0 Å². The van der Waals surface area contributed by atoms with Crippen LogP contribution in [-0.4, -0.2) is 6.54 Å². The van der Waals surface area contributed by atoms with Crippen molar-refractivity contribution in [3.8, 4) is 11.8 Å². The standard InChI is InChI=1S/C9H11N/c10-8-4-7-9-5-2-1-3-6-9/h2,5-6H,1,3,8,10H2. The zero-order chi connectivity index (χ0) is 7.23. The minimum atomic E-state index is 0.450. The monoisotopic (exact) mass is 133 g/mol.